The molecule has 0 spiro atoms. The molecule has 0 saturated carbocycles. The molecule has 2 heteroatoms. The van der Waals surface area contributed by atoms with Crippen LogP contribution in [0.4, 0.5) is 0 Å². The Bertz CT molecular complexity index is 163. The molecule has 0 nitrogen and oxygen atoms in total. The fraction of sp³-hybridized carbons (Fsp3) is 1.00. The molecule has 0 unspecified atom stereocenters. The van der Waals surface area contributed by atoms with E-state index in [4.69, 9.17) is 0 Å². The largest absolute Gasteiger partial charge is 0.160 e. The lowest BCUT2D eigenvalue weighted by Gasteiger charge is -2.50. The molecular weight excluding hydrogens is 174 g/mol. The van der Waals surface area contributed by atoms with Gasteiger partial charge in [-0.15, -0.1) is 11.6 Å². The average molecular weight is 198 g/mol. The molecule has 76 valence electrons. The topological polar surface area (TPSA) is 0 Å². The first kappa shape index (κ1) is 10.0. The van der Waals surface area contributed by atoms with Crippen LogP contribution in [-0.4, -0.2) is 26.4 Å². The van der Waals surface area contributed by atoms with Gasteiger partial charge in [0.05, 0.1) is 0 Å². The summed E-state index contributed by atoms with van der Waals surface area (Å²) >= 11 is 0. The number of hydrogen-bond acceptors (Lipinski definition) is 0. The van der Waals surface area contributed by atoms with Crippen molar-refractivity contribution >= 4 is 13.6 Å². The standard InChI is InChI=1S/C11H24BP/c1-13(2,3)12-10-6-4-7-11(12)9-5-8-10/h10-12H,4-9H2,1-3H3. The van der Waals surface area contributed by atoms with Gasteiger partial charge in [0.25, 0.3) is 0 Å². The summed E-state index contributed by atoms with van der Waals surface area (Å²) in [6, 6.07) is 0. The van der Waals surface area contributed by atoms with Crippen molar-refractivity contribution in [2.75, 3.05) is 20.0 Å². The second-order valence-electron chi connectivity index (χ2n) is 6.49. The third-order valence-corrected chi connectivity index (χ3v) is 7.95. The first-order valence-corrected chi connectivity index (χ1v) is 9.42. The molecule has 0 atom stereocenters. The van der Waals surface area contributed by atoms with E-state index < -0.39 is 7.14 Å². The summed E-state index contributed by atoms with van der Waals surface area (Å²) in [4.78, 5) is 0. The molecule has 0 amide bonds. The van der Waals surface area contributed by atoms with Crippen LogP contribution in [0, 0.1) is 0 Å². The van der Waals surface area contributed by atoms with Gasteiger partial charge >= 0.3 is 0 Å². The molecule has 2 aliphatic heterocycles. The van der Waals surface area contributed by atoms with Gasteiger partial charge in [0.15, 0.2) is 6.43 Å². The Morgan fingerprint density at radius 2 is 1.23 bits per heavy atom. The maximum Gasteiger partial charge on any atom is 0.159 e. The Hall–Kier alpha value is 0.495. The van der Waals surface area contributed by atoms with E-state index in [1.807, 2.05) is 0 Å². The van der Waals surface area contributed by atoms with Gasteiger partial charge in [-0.05, 0) is 0 Å². The van der Waals surface area contributed by atoms with Crippen LogP contribution < -0.4 is 0 Å². The van der Waals surface area contributed by atoms with Crippen molar-refractivity contribution in [2.24, 2.45) is 0 Å². The highest BCUT2D eigenvalue weighted by Gasteiger charge is 2.41. The van der Waals surface area contributed by atoms with Gasteiger partial charge in [-0.25, -0.2) is 0 Å². The van der Waals surface area contributed by atoms with Gasteiger partial charge in [0.1, 0.15) is 0 Å². The average Bonchev–Trinajstić information content (AvgIpc) is 2.01. The van der Waals surface area contributed by atoms with Crippen molar-refractivity contribution in [3.05, 3.63) is 0 Å². The molecule has 0 radical (unpaired) electrons. The summed E-state index contributed by atoms with van der Waals surface area (Å²) in [5.74, 6) is 2.42. The second kappa shape index (κ2) is 3.57. The van der Waals surface area contributed by atoms with Crippen LogP contribution in [0.2, 0.25) is 11.6 Å². The molecule has 2 rings (SSSR count). The second-order valence-corrected chi connectivity index (χ2v) is 11.8. The van der Waals surface area contributed by atoms with Gasteiger partial charge < -0.3 is 0 Å². The van der Waals surface area contributed by atoms with Crippen LogP contribution in [-0.2, 0) is 0 Å². The van der Waals surface area contributed by atoms with Crippen LogP contribution in [0.25, 0.3) is 0 Å². The Balaban J connectivity index is 2.15. The zero-order valence-corrected chi connectivity index (χ0v) is 10.4. The van der Waals surface area contributed by atoms with E-state index in [0.717, 1.165) is 0 Å². The maximum atomic E-state index is 2.60. The summed E-state index contributed by atoms with van der Waals surface area (Å²) in [6.07, 6.45) is 9.74. The quantitative estimate of drug-likeness (QED) is 0.444. The molecule has 0 aromatic rings. The minimum absolute atomic E-state index is 0.264. The predicted octanol–water partition coefficient (Wildman–Crippen LogP) is 3.73. The Morgan fingerprint density at radius 3 is 1.46 bits per heavy atom. The third-order valence-electron chi connectivity index (χ3n) is 4.73. The van der Waals surface area contributed by atoms with Gasteiger partial charge in [-0.2, -0.15) is 7.14 Å². The van der Waals surface area contributed by atoms with E-state index in [-0.39, 0.29) is 6.43 Å². The van der Waals surface area contributed by atoms with E-state index >= 15 is 0 Å². The molecule has 0 N–H and O–H groups in total. The Morgan fingerprint density at radius 1 is 0.846 bits per heavy atom. The van der Waals surface area contributed by atoms with Gasteiger partial charge in [-0.1, -0.05) is 38.5 Å². The molecule has 2 saturated heterocycles. The Labute approximate surface area is 84.2 Å². The first-order valence-electron chi connectivity index (χ1n) is 6.11. The molecule has 13 heavy (non-hydrogen) atoms. The van der Waals surface area contributed by atoms with Crippen molar-refractivity contribution in [1.29, 1.82) is 0 Å². The number of hydrogen-bond donors (Lipinski definition) is 0. The first-order chi connectivity index (χ1) is 6.09. The molecule has 2 aliphatic rings. The van der Waals surface area contributed by atoms with Crippen molar-refractivity contribution in [3.63, 3.8) is 0 Å². The SMILES string of the molecule is C[P+](C)(C)[BH-]1C2CCCC1CCC2. The van der Waals surface area contributed by atoms with E-state index in [0.29, 0.717) is 0 Å². The highest BCUT2D eigenvalue weighted by molar-refractivity contribution is 8.03. The fourth-order valence-corrected chi connectivity index (χ4v) is 8.36. The zero-order valence-electron chi connectivity index (χ0n) is 9.55. The zero-order chi connectivity index (χ0) is 9.47. The third kappa shape index (κ3) is 1.96. The number of fused-ring (bicyclic) bond motifs is 2. The molecule has 2 heterocycles. The van der Waals surface area contributed by atoms with Gasteiger partial charge in [0, 0.05) is 20.0 Å². The highest BCUT2D eigenvalue weighted by atomic mass is 31.2. The van der Waals surface area contributed by atoms with E-state index in [1.165, 1.54) is 11.6 Å². The maximum absolute atomic E-state index is 2.60. The summed E-state index contributed by atoms with van der Waals surface area (Å²) in [6.45, 7) is 7.80. The molecule has 2 bridgehead atoms. The molecule has 0 aliphatic carbocycles. The normalized spacial score (nSPS) is 40.4. The van der Waals surface area contributed by atoms with Crippen LogP contribution in [0.15, 0.2) is 0 Å². The monoisotopic (exact) mass is 198 g/mol. The summed E-state index contributed by atoms with van der Waals surface area (Å²) < 4.78 is 0. The highest BCUT2D eigenvalue weighted by Crippen LogP contribution is 2.64. The fourth-order valence-electron chi connectivity index (χ4n) is 4.54. The van der Waals surface area contributed by atoms with Crippen molar-refractivity contribution < 1.29 is 0 Å². The number of rotatable bonds is 1. The van der Waals surface area contributed by atoms with E-state index in [2.05, 4.69) is 20.0 Å². The molecular formula is C11H24BP. The van der Waals surface area contributed by atoms with E-state index in [1.54, 1.807) is 38.5 Å². The Kier molecular flexibility index (Phi) is 2.76. The lowest BCUT2D eigenvalue weighted by atomic mass is 9.42. The smallest absolute Gasteiger partial charge is 0.159 e. The molecule has 0 aromatic carbocycles. The lowest BCUT2D eigenvalue weighted by molar-refractivity contribution is 0.451. The van der Waals surface area contributed by atoms with Crippen LogP contribution >= 0.6 is 7.14 Å². The summed E-state index contributed by atoms with van der Waals surface area (Å²) in [5.41, 5.74) is 0. The lowest BCUT2D eigenvalue weighted by Crippen LogP contribution is -2.36. The minimum atomic E-state index is -0.485. The van der Waals surface area contributed by atoms with Crippen LogP contribution in [0.5, 0.6) is 0 Å². The van der Waals surface area contributed by atoms with Gasteiger partial charge in [-0.3, -0.25) is 0 Å². The van der Waals surface area contributed by atoms with Gasteiger partial charge in [0.2, 0.25) is 0 Å². The molecule has 0 aromatic heterocycles. The summed E-state index contributed by atoms with van der Waals surface area (Å²) in [7, 11) is -0.485. The minimum Gasteiger partial charge on any atom is -0.160 e. The van der Waals surface area contributed by atoms with E-state index in [9.17, 15) is 0 Å². The molecule has 2 fully saturated rings. The van der Waals surface area contributed by atoms with Crippen molar-refractivity contribution in [1.82, 2.24) is 0 Å². The van der Waals surface area contributed by atoms with Crippen molar-refractivity contribution in [2.45, 2.75) is 50.2 Å². The van der Waals surface area contributed by atoms with Crippen LogP contribution in [0.1, 0.15) is 38.5 Å². The van der Waals surface area contributed by atoms with Crippen molar-refractivity contribution in [3.8, 4) is 0 Å². The summed E-state index contributed by atoms with van der Waals surface area (Å²) in [5, 5.41) is 0. The predicted molar refractivity (Wildman–Crippen MR) is 67.0 cm³/mol. The van der Waals surface area contributed by atoms with Crippen LogP contribution in [0.3, 0.4) is 0 Å².